The van der Waals surface area contributed by atoms with Crippen molar-refractivity contribution in [3.8, 4) is 5.88 Å². The summed E-state index contributed by atoms with van der Waals surface area (Å²) in [4.78, 5) is 22.5. The molecule has 3 N–H and O–H groups in total. The predicted octanol–water partition coefficient (Wildman–Crippen LogP) is 1.78. The minimum absolute atomic E-state index is 0.241. The van der Waals surface area contributed by atoms with E-state index in [1.54, 1.807) is 18.5 Å². The van der Waals surface area contributed by atoms with Crippen molar-refractivity contribution in [2.75, 3.05) is 0 Å². The van der Waals surface area contributed by atoms with E-state index < -0.39 is 5.91 Å². The van der Waals surface area contributed by atoms with Gasteiger partial charge in [-0.2, -0.15) is 0 Å². The minimum Gasteiger partial charge on any atom is -0.473 e. The Labute approximate surface area is 116 Å². The second-order valence-electron chi connectivity index (χ2n) is 4.91. The van der Waals surface area contributed by atoms with Gasteiger partial charge in [0, 0.05) is 17.8 Å². The molecule has 2 aromatic rings. The van der Waals surface area contributed by atoms with Gasteiger partial charge in [0.1, 0.15) is 11.6 Å². The van der Waals surface area contributed by atoms with Gasteiger partial charge in [-0.05, 0) is 31.8 Å². The van der Waals surface area contributed by atoms with Crippen LogP contribution in [0.25, 0.3) is 17.2 Å². The van der Waals surface area contributed by atoms with Crippen LogP contribution in [0.2, 0.25) is 0 Å². The molecule has 1 fully saturated rings. The maximum absolute atomic E-state index is 10.8. The zero-order valence-corrected chi connectivity index (χ0v) is 11.0. The number of aromatic nitrogens is 3. The van der Waals surface area contributed by atoms with E-state index in [4.69, 9.17) is 10.5 Å². The number of amides is 1. The highest BCUT2D eigenvalue weighted by Gasteiger charge is 2.17. The molecule has 6 nitrogen and oxygen atoms in total. The smallest absolute Gasteiger partial charge is 0.241 e. The highest BCUT2D eigenvalue weighted by atomic mass is 16.5. The first kappa shape index (κ1) is 12.7. The van der Waals surface area contributed by atoms with E-state index in [0.29, 0.717) is 17.0 Å². The molecule has 104 valence electrons. The van der Waals surface area contributed by atoms with Crippen molar-refractivity contribution in [2.24, 2.45) is 5.73 Å². The summed E-state index contributed by atoms with van der Waals surface area (Å²) < 4.78 is 5.83. The van der Waals surface area contributed by atoms with Crippen LogP contribution < -0.4 is 10.5 Å². The number of primary amides is 1. The Morgan fingerprint density at radius 1 is 1.45 bits per heavy atom. The van der Waals surface area contributed by atoms with E-state index in [1.165, 1.54) is 18.9 Å². The number of fused-ring (bicyclic) bond motifs is 1. The number of ether oxygens (including phenoxy) is 1. The second-order valence-corrected chi connectivity index (χ2v) is 4.91. The maximum Gasteiger partial charge on any atom is 0.241 e. The molecule has 2 heterocycles. The van der Waals surface area contributed by atoms with Gasteiger partial charge in [-0.1, -0.05) is 0 Å². The fourth-order valence-corrected chi connectivity index (χ4v) is 2.43. The number of carbonyl (C=O) groups excluding carboxylic acids is 1. The summed E-state index contributed by atoms with van der Waals surface area (Å²) >= 11 is 0. The average molecular weight is 272 g/mol. The highest BCUT2D eigenvalue weighted by molar-refractivity contribution is 5.93. The third-order valence-corrected chi connectivity index (χ3v) is 3.40. The van der Waals surface area contributed by atoms with E-state index in [9.17, 15) is 4.79 Å². The summed E-state index contributed by atoms with van der Waals surface area (Å²) in [7, 11) is 0. The number of nitrogens with one attached hydrogen (secondary N) is 1. The molecule has 20 heavy (non-hydrogen) atoms. The number of carbonyl (C=O) groups is 1. The van der Waals surface area contributed by atoms with E-state index >= 15 is 0 Å². The maximum atomic E-state index is 10.8. The molecule has 0 radical (unpaired) electrons. The Kier molecular flexibility index (Phi) is 3.37. The van der Waals surface area contributed by atoms with Crippen LogP contribution in [-0.2, 0) is 4.79 Å². The molecule has 0 unspecified atom stereocenters. The highest BCUT2D eigenvalue weighted by Crippen LogP contribution is 2.24. The number of rotatable bonds is 4. The first-order chi connectivity index (χ1) is 9.72. The minimum atomic E-state index is -0.495. The van der Waals surface area contributed by atoms with Crippen molar-refractivity contribution in [2.45, 2.75) is 31.8 Å². The lowest BCUT2D eigenvalue weighted by Gasteiger charge is -2.11. The average Bonchev–Trinajstić information content (AvgIpc) is 3.05. The molecule has 0 aromatic carbocycles. The van der Waals surface area contributed by atoms with Gasteiger partial charge in [0.15, 0.2) is 5.65 Å². The molecule has 1 aliphatic carbocycles. The van der Waals surface area contributed by atoms with E-state index in [1.807, 2.05) is 0 Å². The van der Waals surface area contributed by atoms with Gasteiger partial charge in [-0.25, -0.2) is 9.97 Å². The summed E-state index contributed by atoms with van der Waals surface area (Å²) in [5, 5.41) is 0. The molecule has 2 aromatic heterocycles. The fraction of sp³-hybridized carbons (Fsp3) is 0.357. The summed E-state index contributed by atoms with van der Waals surface area (Å²) in [5.74, 6) is 0.0309. The zero-order valence-electron chi connectivity index (χ0n) is 11.0. The quantitative estimate of drug-likeness (QED) is 0.829. The monoisotopic (exact) mass is 272 g/mol. The van der Waals surface area contributed by atoms with Crippen molar-refractivity contribution in [3.63, 3.8) is 0 Å². The Hall–Kier alpha value is -2.37. The van der Waals surface area contributed by atoms with Crippen LogP contribution in [0.1, 0.15) is 31.2 Å². The van der Waals surface area contributed by atoms with Crippen LogP contribution in [0.5, 0.6) is 5.88 Å². The van der Waals surface area contributed by atoms with Crippen LogP contribution in [-0.4, -0.2) is 27.0 Å². The fourth-order valence-electron chi connectivity index (χ4n) is 2.43. The lowest BCUT2D eigenvalue weighted by Crippen LogP contribution is -2.12. The zero-order chi connectivity index (χ0) is 13.9. The lowest BCUT2D eigenvalue weighted by atomic mass is 10.2. The van der Waals surface area contributed by atoms with E-state index in [0.717, 1.165) is 18.4 Å². The first-order valence-corrected chi connectivity index (χ1v) is 6.70. The Bertz CT molecular complexity index is 656. The molecule has 1 aliphatic rings. The molecule has 1 amide bonds. The van der Waals surface area contributed by atoms with Gasteiger partial charge < -0.3 is 15.5 Å². The van der Waals surface area contributed by atoms with Crippen LogP contribution >= 0.6 is 0 Å². The molecule has 0 atom stereocenters. The molecule has 0 aliphatic heterocycles. The standard InChI is InChI=1S/C14H16N4O2/c15-11(19)6-5-9-7-16-14-13(9)18-12(8-17-14)20-10-3-1-2-4-10/h5-8,10H,1-4H2,(H2,15,19)(H,16,17)/b6-5+. The Morgan fingerprint density at radius 3 is 3.00 bits per heavy atom. The molecule has 0 bridgehead atoms. The van der Waals surface area contributed by atoms with Crippen LogP contribution in [0.3, 0.4) is 0 Å². The molecule has 3 rings (SSSR count). The number of aromatic amines is 1. The van der Waals surface area contributed by atoms with Gasteiger partial charge >= 0.3 is 0 Å². The van der Waals surface area contributed by atoms with Crippen LogP contribution in [0.4, 0.5) is 0 Å². The summed E-state index contributed by atoms with van der Waals surface area (Å²) in [5.41, 5.74) is 7.20. The van der Waals surface area contributed by atoms with Crippen LogP contribution in [0, 0.1) is 0 Å². The normalized spacial score (nSPS) is 16.2. The van der Waals surface area contributed by atoms with Gasteiger partial charge in [0.05, 0.1) is 6.20 Å². The summed E-state index contributed by atoms with van der Waals surface area (Å²) in [6.45, 7) is 0. The first-order valence-electron chi connectivity index (χ1n) is 6.70. The van der Waals surface area contributed by atoms with Gasteiger partial charge in [-0.3, -0.25) is 4.79 Å². The number of nitrogens with zero attached hydrogens (tertiary/aromatic N) is 2. The SMILES string of the molecule is NC(=O)/C=C/c1c[nH]c2ncc(OC3CCCC3)nc12. The largest absolute Gasteiger partial charge is 0.473 e. The summed E-state index contributed by atoms with van der Waals surface area (Å²) in [6, 6.07) is 0. The number of H-pyrrole nitrogens is 1. The predicted molar refractivity (Wildman–Crippen MR) is 75.0 cm³/mol. The Balaban J connectivity index is 1.88. The second kappa shape index (κ2) is 5.32. The number of hydrogen-bond acceptors (Lipinski definition) is 4. The topological polar surface area (TPSA) is 93.9 Å². The molecule has 0 saturated heterocycles. The van der Waals surface area contributed by atoms with Crippen molar-refractivity contribution in [3.05, 3.63) is 24.0 Å². The van der Waals surface area contributed by atoms with Gasteiger partial charge in [-0.15, -0.1) is 0 Å². The van der Waals surface area contributed by atoms with Crippen molar-refractivity contribution in [1.82, 2.24) is 15.0 Å². The molecular formula is C14H16N4O2. The van der Waals surface area contributed by atoms with E-state index in [2.05, 4.69) is 15.0 Å². The Morgan fingerprint density at radius 2 is 2.25 bits per heavy atom. The van der Waals surface area contributed by atoms with Crippen LogP contribution in [0.15, 0.2) is 18.5 Å². The van der Waals surface area contributed by atoms with E-state index in [-0.39, 0.29) is 6.10 Å². The van der Waals surface area contributed by atoms with Crippen molar-refractivity contribution in [1.29, 1.82) is 0 Å². The lowest BCUT2D eigenvalue weighted by molar-refractivity contribution is -0.113. The molecule has 1 saturated carbocycles. The van der Waals surface area contributed by atoms with Crippen molar-refractivity contribution < 1.29 is 9.53 Å². The molecule has 0 spiro atoms. The third kappa shape index (κ3) is 2.64. The van der Waals surface area contributed by atoms with Crippen molar-refractivity contribution >= 4 is 23.1 Å². The molecular weight excluding hydrogens is 256 g/mol. The molecule has 6 heteroatoms. The third-order valence-electron chi connectivity index (χ3n) is 3.40. The summed E-state index contributed by atoms with van der Waals surface area (Å²) in [6.07, 6.45) is 11.1. The number of hydrogen-bond donors (Lipinski definition) is 2. The van der Waals surface area contributed by atoms with Gasteiger partial charge in [0.25, 0.3) is 0 Å². The number of nitrogens with two attached hydrogens (primary N) is 1. The van der Waals surface area contributed by atoms with Gasteiger partial charge in [0.2, 0.25) is 11.8 Å².